The first-order valence-corrected chi connectivity index (χ1v) is 16.3. The van der Waals surface area contributed by atoms with Crippen LogP contribution in [0.25, 0.3) is 0 Å². The molecule has 1 aromatic carbocycles. The van der Waals surface area contributed by atoms with Crippen molar-refractivity contribution in [3.8, 4) is 0 Å². The van der Waals surface area contributed by atoms with E-state index in [1.54, 1.807) is 48.4 Å². The van der Waals surface area contributed by atoms with Crippen LogP contribution in [0.1, 0.15) is 82.6 Å². The SMILES string of the molecule is C=N/C(=N\C1=C(C)CN(/C=C/C(C/C=C/C)NC(=O)c2ccc3c(c2)N(C)C(=O)[C@H](CCC)N=C3C)C(=O)N1C)NC1=CN=C(C)CC1. The summed E-state index contributed by atoms with van der Waals surface area (Å²) in [4.78, 5) is 62.4. The number of benzene rings is 1. The number of amides is 4. The number of likely N-dealkylation sites (N-methyl/N-ethyl adjacent to an activating group) is 1. The molecule has 0 spiro atoms. The molecule has 0 aliphatic carbocycles. The molecular formula is C36H47N9O3. The highest BCUT2D eigenvalue weighted by atomic mass is 16.2. The average Bonchev–Trinajstić information content (AvgIpc) is 3.16. The molecule has 12 heteroatoms. The Morgan fingerprint density at radius 3 is 2.60 bits per heavy atom. The van der Waals surface area contributed by atoms with Crippen LogP contribution in [-0.2, 0) is 4.79 Å². The van der Waals surface area contributed by atoms with E-state index in [1.165, 1.54) is 4.90 Å². The first-order chi connectivity index (χ1) is 23.0. The normalized spacial score (nSPS) is 19.6. The highest BCUT2D eigenvalue weighted by Gasteiger charge is 2.29. The summed E-state index contributed by atoms with van der Waals surface area (Å²) in [7, 11) is 3.39. The molecule has 0 saturated carbocycles. The van der Waals surface area contributed by atoms with Crippen molar-refractivity contribution >= 4 is 47.6 Å². The molecule has 12 nitrogen and oxygen atoms in total. The minimum atomic E-state index is -0.436. The molecule has 2 N–H and O–H groups in total. The predicted octanol–water partition coefficient (Wildman–Crippen LogP) is 5.56. The van der Waals surface area contributed by atoms with Crippen molar-refractivity contribution in [2.24, 2.45) is 20.0 Å². The first-order valence-electron chi connectivity index (χ1n) is 16.3. The molecule has 3 aliphatic rings. The molecule has 254 valence electrons. The zero-order valence-electron chi connectivity index (χ0n) is 29.1. The van der Waals surface area contributed by atoms with E-state index in [1.807, 2.05) is 58.9 Å². The molecule has 1 aromatic rings. The van der Waals surface area contributed by atoms with E-state index in [9.17, 15) is 14.4 Å². The number of hydrogen-bond donors (Lipinski definition) is 2. The van der Waals surface area contributed by atoms with E-state index in [-0.39, 0.29) is 17.8 Å². The summed E-state index contributed by atoms with van der Waals surface area (Å²) in [6.45, 7) is 13.7. The van der Waals surface area contributed by atoms with E-state index in [0.717, 1.165) is 47.5 Å². The van der Waals surface area contributed by atoms with Gasteiger partial charge in [-0.3, -0.25) is 29.4 Å². The van der Waals surface area contributed by atoms with Gasteiger partial charge in [-0.1, -0.05) is 31.6 Å². The van der Waals surface area contributed by atoms with Crippen LogP contribution in [0.5, 0.6) is 0 Å². The summed E-state index contributed by atoms with van der Waals surface area (Å²) in [6, 6.07) is 4.23. The number of anilines is 1. The molecule has 4 amide bonds. The summed E-state index contributed by atoms with van der Waals surface area (Å²) in [5.74, 6) is 0.403. The van der Waals surface area contributed by atoms with Gasteiger partial charge in [-0.05, 0) is 83.9 Å². The molecule has 0 radical (unpaired) electrons. The Hall–Kier alpha value is -5.13. The summed E-state index contributed by atoms with van der Waals surface area (Å²) in [5.41, 5.74) is 5.48. The lowest BCUT2D eigenvalue weighted by Gasteiger charge is -2.32. The smallest absolute Gasteiger partial charge is 0.329 e. The third-order valence-electron chi connectivity index (χ3n) is 8.45. The lowest BCUT2D eigenvalue weighted by molar-refractivity contribution is -0.119. The molecular weight excluding hydrogens is 606 g/mol. The Morgan fingerprint density at radius 2 is 1.94 bits per heavy atom. The number of fused-ring (bicyclic) bond motifs is 1. The molecule has 48 heavy (non-hydrogen) atoms. The number of nitrogens with one attached hydrogen (secondary N) is 2. The van der Waals surface area contributed by atoms with Crippen LogP contribution >= 0.6 is 0 Å². The van der Waals surface area contributed by atoms with Gasteiger partial charge in [0, 0.05) is 54.7 Å². The number of urea groups is 1. The lowest BCUT2D eigenvalue weighted by Crippen LogP contribution is -2.44. The molecule has 0 fully saturated rings. The van der Waals surface area contributed by atoms with Gasteiger partial charge in [0.25, 0.3) is 11.8 Å². The minimum absolute atomic E-state index is 0.0876. The van der Waals surface area contributed by atoms with Gasteiger partial charge in [0.1, 0.15) is 11.9 Å². The highest BCUT2D eigenvalue weighted by molar-refractivity contribution is 6.12. The second kappa shape index (κ2) is 16.1. The van der Waals surface area contributed by atoms with Crippen LogP contribution in [0, 0.1) is 0 Å². The van der Waals surface area contributed by atoms with Crippen LogP contribution in [0.3, 0.4) is 0 Å². The minimum Gasteiger partial charge on any atom is -0.345 e. The van der Waals surface area contributed by atoms with Crippen molar-refractivity contribution in [1.82, 2.24) is 20.4 Å². The Bertz CT molecular complexity index is 1660. The number of nitrogens with zero attached hydrogens (tertiary/aromatic N) is 7. The van der Waals surface area contributed by atoms with E-state index >= 15 is 0 Å². The predicted molar refractivity (Wildman–Crippen MR) is 194 cm³/mol. The maximum Gasteiger partial charge on any atom is 0.329 e. The number of carbonyl (C=O) groups is 3. The molecule has 2 atom stereocenters. The second-order valence-corrected chi connectivity index (χ2v) is 12.2. The van der Waals surface area contributed by atoms with E-state index in [4.69, 9.17) is 0 Å². The van der Waals surface area contributed by atoms with Crippen molar-refractivity contribution in [2.45, 2.75) is 78.8 Å². The molecule has 0 aromatic heterocycles. The Labute approximate surface area is 283 Å². The van der Waals surface area contributed by atoms with Crippen molar-refractivity contribution in [2.75, 3.05) is 25.5 Å². The third-order valence-corrected chi connectivity index (χ3v) is 8.45. The number of benzodiazepines with no additional fused rings is 1. The van der Waals surface area contributed by atoms with Crippen LogP contribution < -0.4 is 15.5 Å². The zero-order valence-corrected chi connectivity index (χ0v) is 29.1. The molecule has 4 rings (SSSR count). The monoisotopic (exact) mass is 653 g/mol. The van der Waals surface area contributed by atoms with Gasteiger partial charge in [-0.2, -0.15) is 4.99 Å². The third kappa shape index (κ3) is 8.41. The molecule has 3 aliphatic heterocycles. The van der Waals surface area contributed by atoms with Crippen LogP contribution in [0.4, 0.5) is 10.5 Å². The Kier molecular flexibility index (Phi) is 12.0. The van der Waals surface area contributed by atoms with Gasteiger partial charge >= 0.3 is 6.03 Å². The largest absolute Gasteiger partial charge is 0.345 e. The fraction of sp³-hybridized carbons (Fsp3) is 0.417. The molecule has 0 bridgehead atoms. The van der Waals surface area contributed by atoms with Crippen LogP contribution in [-0.4, -0.2) is 84.5 Å². The maximum atomic E-state index is 13.5. The van der Waals surface area contributed by atoms with E-state index < -0.39 is 12.1 Å². The van der Waals surface area contributed by atoms with Gasteiger partial charge in [0.05, 0.1) is 18.3 Å². The second-order valence-electron chi connectivity index (χ2n) is 12.2. The molecule has 3 heterocycles. The number of allylic oxidation sites excluding steroid dienone is 2. The van der Waals surface area contributed by atoms with E-state index in [2.05, 4.69) is 37.3 Å². The van der Waals surface area contributed by atoms with Gasteiger partial charge < -0.3 is 15.5 Å². The first kappa shape index (κ1) is 35.7. The van der Waals surface area contributed by atoms with Crippen molar-refractivity contribution < 1.29 is 14.4 Å². The van der Waals surface area contributed by atoms with Gasteiger partial charge in [-0.15, -0.1) is 0 Å². The van der Waals surface area contributed by atoms with Crippen molar-refractivity contribution in [3.05, 3.63) is 77.0 Å². The standard InChI is InChI=1S/C36H47N9O3/c1-9-11-13-27(40-33(46)26-15-17-29-25(5)39-30(12-10-2)34(47)43(7)31(29)20-26)18-19-45-22-23(3)32(44(8)36(45)48)42-35(37-6)41-28-16-14-24(4)38-21-28/h9,11,15,17-21,27,30H,6,10,12-14,16,22H2,1-5,7-8H3,(H,40,46)(H,41,42)/b11-9+,19-18+/t27?,30-/m0/s1. The van der Waals surface area contributed by atoms with Gasteiger partial charge in [-0.25, -0.2) is 9.79 Å². The fourth-order valence-corrected chi connectivity index (χ4v) is 5.67. The Morgan fingerprint density at radius 1 is 1.17 bits per heavy atom. The van der Waals surface area contributed by atoms with Gasteiger partial charge in [0.2, 0.25) is 5.96 Å². The summed E-state index contributed by atoms with van der Waals surface area (Å²) < 4.78 is 0. The van der Waals surface area contributed by atoms with Crippen molar-refractivity contribution in [3.63, 3.8) is 0 Å². The number of hydrogen-bond acceptors (Lipinski definition) is 6. The average molecular weight is 654 g/mol. The maximum absolute atomic E-state index is 13.5. The summed E-state index contributed by atoms with van der Waals surface area (Å²) in [5, 5.41) is 6.25. The van der Waals surface area contributed by atoms with Crippen LogP contribution in [0.2, 0.25) is 0 Å². The van der Waals surface area contributed by atoms with E-state index in [0.29, 0.717) is 42.4 Å². The number of aliphatic imine (C=N–C) groups is 4. The fourth-order valence-electron chi connectivity index (χ4n) is 5.67. The zero-order chi connectivity index (χ0) is 35.0. The Balaban J connectivity index is 1.50. The number of guanidine groups is 1. The quantitative estimate of drug-likeness (QED) is 0.194. The topological polar surface area (TPSA) is 134 Å². The number of carbonyl (C=O) groups excluding carboxylic acids is 3. The summed E-state index contributed by atoms with van der Waals surface area (Å²) in [6.07, 6.45) is 12.8. The highest BCUT2D eigenvalue weighted by Crippen LogP contribution is 2.28. The van der Waals surface area contributed by atoms with Gasteiger partial charge in [0.15, 0.2) is 0 Å². The lowest BCUT2D eigenvalue weighted by atomic mass is 10.0. The molecule has 1 unspecified atom stereocenters. The molecule has 0 saturated heterocycles. The van der Waals surface area contributed by atoms with Crippen LogP contribution in [0.15, 0.2) is 85.9 Å². The summed E-state index contributed by atoms with van der Waals surface area (Å²) >= 11 is 0. The number of rotatable bonds is 10. The van der Waals surface area contributed by atoms with Crippen molar-refractivity contribution in [1.29, 1.82) is 0 Å².